The molecule has 0 N–H and O–H groups in total. The summed E-state index contributed by atoms with van der Waals surface area (Å²) in [5.74, 6) is 0.975. The highest BCUT2D eigenvalue weighted by atomic mass is 16.6. The minimum Gasteiger partial charge on any atom is -0.490 e. The Morgan fingerprint density at radius 2 is 1.85 bits per heavy atom. The summed E-state index contributed by atoms with van der Waals surface area (Å²) < 4.78 is 16.4. The van der Waals surface area contributed by atoms with Crippen molar-refractivity contribution in [1.82, 2.24) is 0 Å². The van der Waals surface area contributed by atoms with Gasteiger partial charge in [-0.15, -0.1) is 0 Å². The van der Waals surface area contributed by atoms with Gasteiger partial charge in [-0.25, -0.2) is 4.79 Å². The zero-order valence-corrected chi connectivity index (χ0v) is 15.7. The highest BCUT2D eigenvalue weighted by Gasteiger charge is 2.22. The number of rotatable bonds is 10. The maximum Gasteiger partial charge on any atom is 0.330 e. The summed E-state index contributed by atoms with van der Waals surface area (Å²) >= 11 is 0. The van der Waals surface area contributed by atoms with Gasteiger partial charge in [0, 0.05) is 6.08 Å². The van der Waals surface area contributed by atoms with Crippen molar-refractivity contribution in [3.8, 4) is 5.75 Å². The molecule has 1 aliphatic rings. The first kappa shape index (κ1) is 20.2. The first-order chi connectivity index (χ1) is 12.7. The molecule has 0 atom stereocenters. The van der Waals surface area contributed by atoms with Crippen LogP contribution in [-0.2, 0) is 14.3 Å². The number of hydrogen-bond donors (Lipinski definition) is 0. The molecular formula is C22H30O4. The first-order valence-corrected chi connectivity index (χ1v) is 9.47. The fraction of sp³-hybridized carbons (Fsp3) is 0.500. The number of hydrogen-bond acceptors (Lipinski definition) is 4. The average molecular weight is 358 g/mol. The van der Waals surface area contributed by atoms with Gasteiger partial charge >= 0.3 is 5.97 Å². The molecule has 0 bridgehead atoms. The van der Waals surface area contributed by atoms with E-state index in [0.29, 0.717) is 18.6 Å². The van der Waals surface area contributed by atoms with Crippen molar-refractivity contribution in [2.24, 2.45) is 0 Å². The third kappa shape index (κ3) is 7.04. The molecule has 0 aromatic heterocycles. The maximum atomic E-state index is 10.9. The van der Waals surface area contributed by atoms with Crippen molar-refractivity contribution in [1.29, 1.82) is 0 Å². The monoisotopic (exact) mass is 358 g/mol. The van der Waals surface area contributed by atoms with Gasteiger partial charge in [0.15, 0.2) is 0 Å². The summed E-state index contributed by atoms with van der Waals surface area (Å²) in [6.07, 6.45) is 11.4. The van der Waals surface area contributed by atoms with Gasteiger partial charge in [-0.2, -0.15) is 0 Å². The van der Waals surface area contributed by atoms with Gasteiger partial charge in [-0.05, 0) is 62.6 Å². The quantitative estimate of drug-likeness (QED) is 0.261. The molecule has 0 saturated heterocycles. The van der Waals surface area contributed by atoms with Gasteiger partial charge in [-0.1, -0.05) is 30.9 Å². The Morgan fingerprint density at radius 1 is 1.12 bits per heavy atom. The van der Waals surface area contributed by atoms with Crippen LogP contribution in [-0.4, -0.2) is 31.9 Å². The number of allylic oxidation sites excluding steroid dienone is 1. The second-order valence-electron chi connectivity index (χ2n) is 6.49. The van der Waals surface area contributed by atoms with E-state index in [9.17, 15) is 4.79 Å². The molecule has 0 aliphatic heterocycles. The fourth-order valence-electron chi connectivity index (χ4n) is 3.23. The molecule has 0 heterocycles. The Labute approximate surface area is 156 Å². The standard InChI is InChI=1S/C22H30O4/c1-3-5-6-15-24-20-11-7-18(8-12-20)19-9-13-21(14-10-19)25-16-17-26-22(23)4-2/h3-5,9-10,13-14,18,20H,2,6-8,11-12,15-17H2,1H3. The summed E-state index contributed by atoms with van der Waals surface area (Å²) in [5.41, 5.74) is 1.36. The first-order valence-electron chi connectivity index (χ1n) is 9.47. The van der Waals surface area contributed by atoms with E-state index in [2.05, 4.69) is 30.9 Å². The van der Waals surface area contributed by atoms with Gasteiger partial charge < -0.3 is 14.2 Å². The zero-order valence-electron chi connectivity index (χ0n) is 15.7. The molecule has 1 saturated carbocycles. The molecule has 26 heavy (non-hydrogen) atoms. The molecule has 0 radical (unpaired) electrons. The van der Waals surface area contributed by atoms with Crippen LogP contribution in [0.25, 0.3) is 0 Å². The SMILES string of the molecule is C=CC(=O)OCCOc1ccc(C2CCC(OCCC=CC)CC2)cc1. The normalized spacial score (nSPS) is 20.0. The minimum atomic E-state index is -0.426. The molecule has 1 aromatic carbocycles. The third-order valence-corrected chi connectivity index (χ3v) is 4.66. The predicted octanol–water partition coefficient (Wildman–Crippen LogP) is 4.80. The van der Waals surface area contributed by atoms with Crippen molar-refractivity contribution in [3.05, 3.63) is 54.6 Å². The number of esters is 1. The average Bonchev–Trinajstić information content (AvgIpc) is 2.69. The highest BCUT2D eigenvalue weighted by Crippen LogP contribution is 2.34. The molecule has 0 spiro atoms. The summed E-state index contributed by atoms with van der Waals surface area (Å²) in [7, 11) is 0. The van der Waals surface area contributed by atoms with E-state index >= 15 is 0 Å². The second-order valence-corrected chi connectivity index (χ2v) is 6.49. The lowest BCUT2D eigenvalue weighted by Crippen LogP contribution is -2.21. The van der Waals surface area contributed by atoms with Gasteiger partial charge in [0.05, 0.1) is 12.7 Å². The summed E-state index contributed by atoms with van der Waals surface area (Å²) in [6.45, 7) is 6.79. The van der Waals surface area contributed by atoms with Crippen LogP contribution in [0.4, 0.5) is 0 Å². The Hall–Kier alpha value is -2.07. The number of carbonyl (C=O) groups is 1. The van der Waals surface area contributed by atoms with E-state index in [4.69, 9.17) is 14.2 Å². The van der Waals surface area contributed by atoms with Crippen LogP contribution in [0.15, 0.2) is 49.1 Å². The summed E-state index contributed by atoms with van der Waals surface area (Å²) in [5, 5.41) is 0. The van der Waals surface area contributed by atoms with E-state index in [0.717, 1.165) is 37.7 Å². The molecule has 4 heteroatoms. The molecule has 0 unspecified atom stereocenters. The van der Waals surface area contributed by atoms with Crippen LogP contribution in [0.3, 0.4) is 0 Å². The molecule has 142 valence electrons. The van der Waals surface area contributed by atoms with Crippen molar-refractivity contribution >= 4 is 5.97 Å². The molecule has 1 fully saturated rings. The van der Waals surface area contributed by atoms with Crippen molar-refractivity contribution in [3.63, 3.8) is 0 Å². The highest BCUT2D eigenvalue weighted by molar-refractivity contribution is 5.81. The van der Waals surface area contributed by atoms with Crippen molar-refractivity contribution < 1.29 is 19.0 Å². The minimum absolute atomic E-state index is 0.227. The van der Waals surface area contributed by atoms with E-state index in [1.165, 1.54) is 18.4 Å². The third-order valence-electron chi connectivity index (χ3n) is 4.66. The molecule has 2 rings (SSSR count). The van der Waals surface area contributed by atoms with Crippen molar-refractivity contribution in [2.45, 2.75) is 51.0 Å². The van der Waals surface area contributed by atoms with Crippen LogP contribution in [0.1, 0.15) is 50.5 Å². The molecule has 1 aromatic rings. The fourth-order valence-corrected chi connectivity index (χ4v) is 3.23. The van der Waals surface area contributed by atoms with E-state index in [1.807, 2.05) is 19.1 Å². The Bertz CT molecular complexity index is 568. The molecular weight excluding hydrogens is 328 g/mol. The van der Waals surface area contributed by atoms with Crippen LogP contribution in [0, 0.1) is 0 Å². The smallest absolute Gasteiger partial charge is 0.330 e. The molecule has 4 nitrogen and oxygen atoms in total. The van der Waals surface area contributed by atoms with Crippen LogP contribution >= 0.6 is 0 Å². The molecule has 1 aliphatic carbocycles. The van der Waals surface area contributed by atoms with Crippen LogP contribution in [0.2, 0.25) is 0 Å². The lowest BCUT2D eigenvalue weighted by Gasteiger charge is -2.29. The molecule has 0 amide bonds. The van der Waals surface area contributed by atoms with Gasteiger partial charge in [-0.3, -0.25) is 0 Å². The largest absolute Gasteiger partial charge is 0.490 e. The lowest BCUT2D eigenvalue weighted by atomic mass is 9.83. The van der Waals surface area contributed by atoms with Gasteiger partial charge in [0.2, 0.25) is 0 Å². The van der Waals surface area contributed by atoms with Gasteiger partial charge in [0.25, 0.3) is 0 Å². The topological polar surface area (TPSA) is 44.8 Å². The van der Waals surface area contributed by atoms with E-state index in [-0.39, 0.29) is 6.61 Å². The van der Waals surface area contributed by atoms with E-state index < -0.39 is 5.97 Å². The lowest BCUT2D eigenvalue weighted by molar-refractivity contribution is -0.138. The number of ether oxygens (including phenoxy) is 3. The summed E-state index contributed by atoms with van der Waals surface area (Å²) in [6, 6.07) is 8.26. The number of carbonyl (C=O) groups excluding carboxylic acids is 1. The Balaban J connectivity index is 1.68. The Morgan fingerprint density at radius 3 is 2.50 bits per heavy atom. The number of benzene rings is 1. The van der Waals surface area contributed by atoms with Crippen LogP contribution < -0.4 is 4.74 Å². The predicted molar refractivity (Wildman–Crippen MR) is 103 cm³/mol. The van der Waals surface area contributed by atoms with Gasteiger partial charge in [0.1, 0.15) is 19.0 Å². The van der Waals surface area contributed by atoms with Crippen molar-refractivity contribution in [2.75, 3.05) is 19.8 Å². The van der Waals surface area contributed by atoms with E-state index in [1.54, 1.807) is 0 Å². The maximum absolute atomic E-state index is 10.9. The van der Waals surface area contributed by atoms with Crippen LogP contribution in [0.5, 0.6) is 5.75 Å². The summed E-state index contributed by atoms with van der Waals surface area (Å²) in [4.78, 5) is 10.9. The second kappa shape index (κ2) is 11.5. The zero-order chi connectivity index (χ0) is 18.6. The Kier molecular flexibility index (Phi) is 8.98.